The summed E-state index contributed by atoms with van der Waals surface area (Å²) in [6.45, 7) is 2.70. The van der Waals surface area contributed by atoms with Crippen molar-refractivity contribution in [3.63, 3.8) is 0 Å². The van der Waals surface area contributed by atoms with Crippen molar-refractivity contribution >= 4 is 10.9 Å². The molecule has 2 nitrogen and oxygen atoms in total. The number of aryl methyl sites for hydroxylation is 1. The fourth-order valence-electron chi connectivity index (χ4n) is 2.14. The number of H-pyrrole nitrogens is 1. The lowest BCUT2D eigenvalue weighted by Gasteiger charge is -2.08. The highest BCUT2D eigenvalue weighted by atomic mass is 16.5. The van der Waals surface area contributed by atoms with E-state index in [4.69, 9.17) is 4.74 Å². The molecule has 0 atom stereocenters. The van der Waals surface area contributed by atoms with Gasteiger partial charge in [-0.25, -0.2) is 0 Å². The smallest absolute Gasteiger partial charge is 0.129 e. The lowest BCUT2D eigenvalue weighted by molar-refractivity contribution is 0.310. The maximum Gasteiger partial charge on any atom is 0.129 e. The van der Waals surface area contributed by atoms with Gasteiger partial charge in [-0.05, 0) is 30.2 Å². The lowest BCUT2D eigenvalue weighted by atomic mass is 10.1. The fraction of sp³-hybridized carbons (Fsp3) is 0.125. The molecule has 0 amide bonds. The van der Waals surface area contributed by atoms with E-state index in [1.165, 1.54) is 11.1 Å². The Bertz CT molecular complexity index is 655. The highest BCUT2D eigenvalue weighted by molar-refractivity contribution is 5.88. The quantitative estimate of drug-likeness (QED) is 0.730. The van der Waals surface area contributed by atoms with Crippen LogP contribution in [0.25, 0.3) is 10.9 Å². The first kappa shape index (κ1) is 10.9. The first-order valence-corrected chi connectivity index (χ1v) is 6.08. The molecular weight excluding hydrogens is 222 g/mol. The van der Waals surface area contributed by atoms with Crippen molar-refractivity contribution < 1.29 is 4.74 Å². The Morgan fingerprint density at radius 1 is 1.00 bits per heavy atom. The van der Waals surface area contributed by atoms with Crippen LogP contribution in [0.15, 0.2) is 54.7 Å². The van der Waals surface area contributed by atoms with Crippen LogP contribution in [0.5, 0.6) is 5.75 Å². The molecular formula is C16H15NO. The molecule has 0 aliphatic rings. The molecule has 0 saturated heterocycles. The third kappa shape index (κ3) is 1.97. The molecule has 0 saturated carbocycles. The summed E-state index contributed by atoms with van der Waals surface area (Å²) >= 11 is 0. The first-order valence-electron chi connectivity index (χ1n) is 6.08. The zero-order valence-corrected chi connectivity index (χ0v) is 10.3. The van der Waals surface area contributed by atoms with Gasteiger partial charge in [0.15, 0.2) is 0 Å². The second kappa shape index (κ2) is 4.57. The third-order valence-corrected chi connectivity index (χ3v) is 3.13. The number of aromatic amines is 1. The molecule has 90 valence electrons. The zero-order chi connectivity index (χ0) is 12.4. The molecule has 0 spiro atoms. The Kier molecular flexibility index (Phi) is 2.77. The van der Waals surface area contributed by atoms with Crippen molar-refractivity contribution in [2.75, 3.05) is 0 Å². The molecule has 3 aromatic rings. The summed E-state index contributed by atoms with van der Waals surface area (Å²) in [4.78, 5) is 3.25. The Morgan fingerprint density at radius 3 is 2.67 bits per heavy atom. The molecule has 1 heterocycles. The molecule has 2 aromatic carbocycles. The average Bonchev–Trinajstić information content (AvgIpc) is 2.90. The summed E-state index contributed by atoms with van der Waals surface area (Å²) in [6, 6.07) is 16.4. The van der Waals surface area contributed by atoms with Crippen LogP contribution >= 0.6 is 0 Å². The van der Waals surface area contributed by atoms with Crippen molar-refractivity contribution in [2.24, 2.45) is 0 Å². The first-order chi connectivity index (χ1) is 8.84. The number of nitrogens with one attached hydrogen (secondary N) is 1. The second-order valence-corrected chi connectivity index (χ2v) is 4.42. The normalized spacial score (nSPS) is 10.7. The van der Waals surface area contributed by atoms with Crippen LogP contribution < -0.4 is 4.74 Å². The standard InChI is InChI=1S/C16H15NO/c1-12-7-8-15(14-9-10-17-16(12)14)18-11-13-5-3-2-4-6-13/h2-10,17H,11H2,1H3. The van der Waals surface area contributed by atoms with Gasteiger partial charge < -0.3 is 9.72 Å². The van der Waals surface area contributed by atoms with Gasteiger partial charge in [0.1, 0.15) is 12.4 Å². The SMILES string of the molecule is Cc1ccc(OCc2ccccc2)c2cc[nH]c12. The minimum atomic E-state index is 0.601. The Morgan fingerprint density at radius 2 is 1.83 bits per heavy atom. The van der Waals surface area contributed by atoms with Gasteiger partial charge in [-0.3, -0.25) is 0 Å². The van der Waals surface area contributed by atoms with E-state index in [0.29, 0.717) is 6.61 Å². The van der Waals surface area contributed by atoms with E-state index >= 15 is 0 Å². The molecule has 0 radical (unpaired) electrons. The van der Waals surface area contributed by atoms with Gasteiger partial charge in [0.05, 0.1) is 5.52 Å². The van der Waals surface area contributed by atoms with E-state index in [2.05, 4.69) is 36.2 Å². The summed E-state index contributed by atoms with van der Waals surface area (Å²) in [5.74, 6) is 0.931. The Labute approximate surface area is 106 Å². The van der Waals surface area contributed by atoms with Crippen molar-refractivity contribution in [1.82, 2.24) is 4.98 Å². The predicted octanol–water partition coefficient (Wildman–Crippen LogP) is 4.06. The van der Waals surface area contributed by atoms with Crippen molar-refractivity contribution in [3.8, 4) is 5.75 Å². The van der Waals surface area contributed by atoms with E-state index in [-0.39, 0.29) is 0 Å². The Hall–Kier alpha value is -2.22. The third-order valence-electron chi connectivity index (χ3n) is 3.13. The maximum atomic E-state index is 5.90. The van der Waals surface area contributed by atoms with E-state index in [1.807, 2.05) is 30.5 Å². The topological polar surface area (TPSA) is 25.0 Å². The molecule has 2 heteroatoms. The summed E-state index contributed by atoms with van der Waals surface area (Å²) in [6.07, 6.45) is 1.95. The van der Waals surface area contributed by atoms with Gasteiger partial charge >= 0.3 is 0 Å². The maximum absolute atomic E-state index is 5.90. The molecule has 18 heavy (non-hydrogen) atoms. The van der Waals surface area contributed by atoms with Crippen LogP contribution in [0.3, 0.4) is 0 Å². The highest BCUT2D eigenvalue weighted by Crippen LogP contribution is 2.27. The highest BCUT2D eigenvalue weighted by Gasteiger charge is 2.05. The fourth-order valence-corrected chi connectivity index (χ4v) is 2.14. The van der Waals surface area contributed by atoms with Gasteiger partial charge in [-0.15, -0.1) is 0 Å². The number of hydrogen-bond acceptors (Lipinski definition) is 1. The molecule has 0 unspecified atom stereocenters. The van der Waals surface area contributed by atoms with E-state index in [9.17, 15) is 0 Å². The number of hydrogen-bond donors (Lipinski definition) is 1. The van der Waals surface area contributed by atoms with Crippen LogP contribution in [0.1, 0.15) is 11.1 Å². The van der Waals surface area contributed by atoms with E-state index < -0.39 is 0 Å². The Balaban J connectivity index is 1.87. The van der Waals surface area contributed by atoms with Crippen molar-refractivity contribution in [3.05, 3.63) is 65.9 Å². The number of benzene rings is 2. The summed E-state index contributed by atoms with van der Waals surface area (Å²) in [7, 11) is 0. The van der Waals surface area contributed by atoms with Crippen LogP contribution in [0.2, 0.25) is 0 Å². The van der Waals surface area contributed by atoms with Gasteiger partial charge in [-0.1, -0.05) is 36.4 Å². The average molecular weight is 237 g/mol. The van der Waals surface area contributed by atoms with Crippen LogP contribution in [0.4, 0.5) is 0 Å². The van der Waals surface area contributed by atoms with E-state index in [0.717, 1.165) is 16.7 Å². The van der Waals surface area contributed by atoms with Gasteiger partial charge in [0, 0.05) is 11.6 Å². The summed E-state index contributed by atoms with van der Waals surface area (Å²) in [5, 5.41) is 1.14. The largest absolute Gasteiger partial charge is 0.488 e. The predicted molar refractivity (Wildman–Crippen MR) is 73.8 cm³/mol. The number of rotatable bonds is 3. The molecule has 1 aromatic heterocycles. The van der Waals surface area contributed by atoms with Gasteiger partial charge in [0.25, 0.3) is 0 Å². The lowest BCUT2D eigenvalue weighted by Crippen LogP contribution is -1.95. The molecule has 0 fully saturated rings. The monoisotopic (exact) mass is 237 g/mol. The summed E-state index contributed by atoms with van der Waals surface area (Å²) in [5.41, 5.74) is 3.57. The minimum absolute atomic E-state index is 0.601. The molecule has 0 aliphatic carbocycles. The van der Waals surface area contributed by atoms with Gasteiger partial charge in [0.2, 0.25) is 0 Å². The molecule has 3 rings (SSSR count). The van der Waals surface area contributed by atoms with Crippen LogP contribution in [-0.4, -0.2) is 4.98 Å². The van der Waals surface area contributed by atoms with Crippen LogP contribution in [-0.2, 0) is 6.61 Å². The van der Waals surface area contributed by atoms with Crippen molar-refractivity contribution in [1.29, 1.82) is 0 Å². The number of aromatic nitrogens is 1. The summed E-state index contributed by atoms with van der Waals surface area (Å²) < 4.78 is 5.90. The van der Waals surface area contributed by atoms with Crippen molar-refractivity contribution in [2.45, 2.75) is 13.5 Å². The van der Waals surface area contributed by atoms with E-state index in [1.54, 1.807) is 0 Å². The second-order valence-electron chi connectivity index (χ2n) is 4.42. The van der Waals surface area contributed by atoms with Gasteiger partial charge in [-0.2, -0.15) is 0 Å². The molecule has 1 N–H and O–H groups in total. The minimum Gasteiger partial charge on any atom is -0.488 e. The van der Waals surface area contributed by atoms with Crippen LogP contribution in [0, 0.1) is 6.92 Å². The zero-order valence-electron chi connectivity index (χ0n) is 10.3. The number of ether oxygens (including phenoxy) is 1. The molecule has 0 aliphatic heterocycles. The number of fused-ring (bicyclic) bond motifs is 1. The molecule has 0 bridgehead atoms.